The van der Waals surface area contributed by atoms with Crippen LogP contribution in [0.2, 0.25) is 0 Å². The summed E-state index contributed by atoms with van der Waals surface area (Å²) in [4.78, 5) is 14.7. The number of halogens is 1. The molecule has 0 bridgehead atoms. The summed E-state index contributed by atoms with van der Waals surface area (Å²) in [5.74, 6) is -0.284. The molecule has 20 heavy (non-hydrogen) atoms. The molecule has 1 aromatic heterocycles. The van der Waals surface area contributed by atoms with Gasteiger partial charge in [0.25, 0.3) is 0 Å². The van der Waals surface area contributed by atoms with Crippen LogP contribution in [0, 0.1) is 17.5 Å². The first kappa shape index (κ1) is 14.7. The van der Waals surface area contributed by atoms with E-state index in [9.17, 15) is 9.18 Å². The predicted octanol–water partition coefficient (Wildman–Crippen LogP) is 3.06. The molecule has 0 saturated carbocycles. The molecular weight excluding hydrogens is 277 g/mol. The van der Waals surface area contributed by atoms with E-state index < -0.39 is 0 Å². The molecule has 0 spiro atoms. The average molecular weight is 295 g/mol. The summed E-state index contributed by atoms with van der Waals surface area (Å²) in [6.07, 6.45) is 0.343. The van der Waals surface area contributed by atoms with Gasteiger partial charge >= 0.3 is 0 Å². The molecule has 1 heterocycles. The number of nitrogens with one attached hydrogen (secondary N) is 2. The third-order valence-corrected chi connectivity index (χ3v) is 3.39. The fourth-order valence-corrected chi connectivity index (χ4v) is 2.41. The van der Waals surface area contributed by atoms with Crippen LogP contribution in [-0.4, -0.2) is 21.5 Å². The summed E-state index contributed by atoms with van der Waals surface area (Å²) in [5, 5.41) is 2.84. The molecule has 0 atom stereocenters. The fraction of sp³-hybridized carbons (Fsp3) is 0.429. The zero-order valence-corrected chi connectivity index (χ0v) is 12.6. The first-order chi connectivity index (χ1) is 9.38. The van der Waals surface area contributed by atoms with Gasteiger partial charge in [-0.2, -0.15) is 0 Å². The van der Waals surface area contributed by atoms with Crippen LogP contribution >= 0.6 is 12.2 Å². The number of nitrogens with zero attached hydrogens (tertiary/aromatic N) is 1. The third kappa shape index (κ3) is 3.07. The number of H-pyrrole nitrogens is 1. The number of aryl methyl sites for hydroxylation is 2. The topological polar surface area (TPSA) is 49.8 Å². The number of fused-ring (bicyclic) bond motifs is 1. The first-order valence-corrected chi connectivity index (χ1v) is 6.97. The van der Waals surface area contributed by atoms with Crippen molar-refractivity contribution in [1.29, 1.82) is 0 Å². The first-order valence-electron chi connectivity index (χ1n) is 6.56. The number of benzene rings is 1. The third-order valence-electron chi connectivity index (χ3n) is 3.07. The molecule has 0 saturated heterocycles. The molecular formula is C14H18FN3OS. The van der Waals surface area contributed by atoms with Gasteiger partial charge in [0, 0.05) is 19.0 Å². The Bertz CT molecular complexity index is 702. The van der Waals surface area contributed by atoms with E-state index in [0.29, 0.717) is 28.8 Å². The fourth-order valence-electron chi connectivity index (χ4n) is 2.11. The van der Waals surface area contributed by atoms with Gasteiger partial charge in [-0.15, -0.1) is 0 Å². The molecule has 0 aliphatic heterocycles. The number of aromatic amines is 1. The normalized spacial score (nSPS) is 11.2. The van der Waals surface area contributed by atoms with E-state index in [0.717, 1.165) is 5.52 Å². The largest absolute Gasteiger partial charge is 0.354 e. The maximum Gasteiger partial charge on any atom is 0.221 e. The highest BCUT2D eigenvalue weighted by atomic mass is 32.1. The Morgan fingerprint density at radius 3 is 2.85 bits per heavy atom. The molecule has 4 nitrogen and oxygen atoms in total. The maximum absolute atomic E-state index is 13.5. The van der Waals surface area contributed by atoms with Gasteiger partial charge in [-0.3, -0.25) is 4.79 Å². The molecule has 1 amide bonds. The Balaban J connectivity index is 2.26. The minimum atomic E-state index is -0.265. The molecule has 0 aliphatic rings. The minimum absolute atomic E-state index is 0.0184. The van der Waals surface area contributed by atoms with E-state index in [-0.39, 0.29) is 17.8 Å². The Kier molecular flexibility index (Phi) is 4.23. The van der Waals surface area contributed by atoms with Crippen LogP contribution in [0.4, 0.5) is 4.39 Å². The molecule has 2 aromatic rings. The second-order valence-electron chi connectivity index (χ2n) is 5.17. The number of hydrogen-bond acceptors (Lipinski definition) is 2. The summed E-state index contributed by atoms with van der Waals surface area (Å²) in [5.41, 5.74) is 2.04. The van der Waals surface area contributed by atoms with Gasteiger partial charge in [0.2, 0.25) is 5.91 Å². The van der Waals surface area contributed by atoms with E-state index in [1.807, 2.05) is 18.4 Å². The number of carbonyl (C=O) groups is 1. The Morgan fingerprint density at radius 2 is 2.20 bits per heavy atom. The highest BCUT2D eigenvalue weighted by Gasteiger charge is 2.10. The van der Waals surface area contributed by atoms with Gasteiger partial charge in [0.1, 0.15) is 5.82 Å². The number of imidazole rings is 1. The van der Waals surface area contributed by atoms with Crippen LogP contribution in [0.25, 0.3) is 11.0 Å². The van der Waals surface area contributed by atoms with Crippen molar-refractivity contribution >= 4 is 29.2 Å². The lowest BCUT2D eigenvalue weighted by Crippen LogP contribution is -2.30. The molecule has 6 heteroatoms. The number of hydrogen-bond donors (Lipinski definition) is 2. The van der Waals surface area contributed by atoms with Crippen LogP contribution in [0.1, 0.15) is 25.8 Å². The summed E-state index contributed by atoms with van der Waals surface area (Å²) < 4.78 is 15.9. The molecule has 2 rings (SSSR count). The Labute approximate surface area is 122 Å². The minimum Gasteiger partial charge on any atom is -0.354 e. The number of aromatic nitrogens is 2. The van der Waals surface area contributed by atoms with Crippen molar-refractivity contribution in [2.75, 3.05) is 0 Å². The predicted molar refractivity (Wildman–Crippen MR) is 79.7 cm³/mol. The van der Waals surface area contributed by atoms with Crippen molar-refractivity contribution in [2.24, 2.45) is 0 Å². The quantitative estimate of drug-likeness (QED) is 0.852. The van der Waals surface area contributed by atoms with Gasteiger partial charge < -0.3 is 14.9 Å². The van der Waals surface area contributed by atoms with Crippen LogP contribution in [-0.2, 0) is 11.3 Å². The van der Waals surface area contributed by atoms with Gasteiger partial charge in [-0.25, -0.2) is 4.39 Å². The van der Waals surface area contributed by atoms with Crippen LogP contribution in [0.3, 0.4) is 0 Å². The smallest absolute Gasteiger partial charge is 0.221 e. The van der Waals surface area contributed by atoms with Gasteiger partial charge in [-0.05, 0) is 50.7 Å². The molecule has 108 valence electrons. The lowest BCUT2D eigenvalue weighted by molar-refractivity contribution is -0.121. The summed E-state index contributed by atoms with van der Waals surface area (Å²) in [6.45, 7) is 6.02. The molecule has 0 aliphatic carbocycles. The Morgan fingerprint density at radius 1 is 1.50 bits per heavy atom. The second-order valence-corrected chi connectivity index (χ2v) is 5.56. The van der Waals surface area contributed by atoms with Gasteiger partial charge in [0.05, 0.1) is 11.0 Å². The zero-order valence-electron chi connectivity index (χ0n) is 11.8. The van der Waals surface area contributed by atoms with Crippen molar-refractivity contribution in [1.82, 2.24) is 14.9 Å². The maximum atomic E-state index is 13.5. The SMILES string of the molecule is Cc1cc2c(cc1F)[nH]c(=S)n2CCC(=O)NC(C)C. The second kappa shape index (κ2) is 5.75. The van der Waals surface area contributed by atoms with E-state index in [1.54, 1.807) is 13.0 Å². The standard InChI is InChI=1S/C14H18FN3OS/c1-8(2)16-13(19)4-5-18-12-6-9(3)10(15)7-11(12)17-14(18)20/h6-8H,4-5H2,1-3H3,(H,16,19)(H,17,20). The van der Waals surface area contributed by atoms with Crippen molar-refractivity contribution in [3.63, 3.8) is 0 Å². The molecule has 1 aromatic carbocycles. The summed E-state index contributed by atoms with van der Waals surface area (Å²) in [6, 6.07) is 3.30. The molecule has 2 N–H and O–H groups in total. The summed E-state index contributed by atoms with van der Waals surface area (Å²) >= 11 is 5.23. The van der Waals surface area contributed by atoms with Crippen molar-refractivity contribution < 1.29 is 9.18 Å². The van der Waals surface area contributed by atoms with Gasteiger partial charge in [-0.1, -0.05) is 0 Å². The van der Waals surface area contributed by atoms with Crippen molar-refractivity contribution in [2.45, 2.75) is 39.8 Å². The summed E-state index contributed by atoms with van der Waals surface area (Å²) in [7, 11) is 0. The van der Waals surface area contributed by atoms with Crippen molar-refractivity contribution in [3.8, 4) is 0 Å². The average Bonchev–Trinajstić information content (AvgIpc) is 2.62. The number of rotatable bonds is 4. The molecule has 0 unspecified atom stereocenters. The highest BCUT2D eigenvalue weighted by Crippen LogP contribution is 2.19. The molecule has 0 radical (unpaired) electrons. The van der Waals surface area contributed by atoms with Crippen molar-refractivity contribution in [3.05, 3.63) is 28.3 Å². The van der Waals surface area contributed by atoms with E-state index in [1.165, 1.54) is 6.07 Å². The number of amides is 1. The van der Waals surface area contributed by atoms with Gasteiger partial charge in [0.15, 0.2) is 4.77 Å². The lowest BCUT2D eigenvalue weighted by atomic mass is 10.2. The van der Waals surface area contributed by atoms with E-state index in [2.05, 4.69) is 10.3 Å². The van der Waals surface area contributed by atoms with Crippen LogP contribution in [0.15, 0.2) is 12.1 Å². The Hall–Kier alpha value is -1.69. The zero-order chi connectivity index (χ0) is 14.9. The lowest BCUT2D eigenvalue weighted by Gasteiger charge is -2.09. The number of carbonyl (C=O) groups excluding carboxylic acids is 1. The highest BCUT2D eigenvalue weighted by molar-refractivity contribution is 7.71. The van der Waals surface area contributed by atoms with E-state index in [4.69, 9.17) is 12.2 Å². The monoisotopic (exact) mass is 295 g/mol. The van der Waals surface area contributed by atoms with Crippen LogP contribution in [0.5, 0.6) is 0 Å². The van der Waals surface area contributed by atoms with E-state index >= 15 is 0 Å². The van der Waals surface area contributed by atoms with Crippen LogP contribution < -0.4 is 5.32 Å². The molecule has 0 fully saturated rings.